The Labute approximate surface area is 243 Å². The van der Waals surface area contributed by atoms with Crippen molar-refractivity contribution in [3.8, 4) is 10.4 Å². The van der Waals surface area contributed by atoms with Crippen LogP contribution in [0.15, 0.2) is 63.9 Å². The smallest absolute Gasteiger partial charge is 0.442 e. The molecule has 0 bridgehead atoms. The van der Waals surface area contributed by atoms with Crippen molar-refractivity contribution in [1.29, 1.82) is 0 Å². The van der Waals surface area contributed by atoms with Gasteiger partial charge in [0.2, 0.25) is 0 Å². The summed E-state index contributed by atoms with van der Waals surface area (Å²) in [6.07, 6.45) is -0.285. The third kappa shape index (κ3) is 9.07. The Kier molecular flexibility index (Phi) is 9.33. The molecular weight excluding hydrogens is 574 g/mol. The van der Waals surface area contributed by atoms with E-state index in [0.717, 1.165) is 10.4 Å². The van der Waals surface area contributed by atoms with E-state index in [0.29, 0.717) is 15.7 Å². The summed E-state index contributed by atoms with van der Waals surface area (Å²) < 4.78 is 27.9. The van der Waals surface area contributed by atoms with Crippen LogP contribution in [0.1, 0.15) is 51.9 Å². The van der Waals surface area contributed by atoms with Gasteiger partial charge in [-0.05, 0) is 95.6 Å². The van der Waals surface area contributed by atoms with E-state index in [4.69, 9.17) is 21.1 Å². The number of anilines is 2. The first kappa shape index (κ1) is 31.1. The van der Waals surface area contributed by atoms with E-state index in [9.17, 15) is 18.6 Å². The summed E-state index contributed by atoms with van der Waals surface area (Å²) in [6, 6.07) is 14.7. The quantitative estimate of drug-likeness (QED) is 0.303. The lowest BCUT2D eigenvalue weighted by Gasteiger charge is -2.21. The lowest BCUT2D eigenvalue weighted by atomic mass is 10.1. The predicted molar refractivity (Wildman–Crippen MR) is 160 cm³/mol. The fourth-order valence-corrected chi connectivity index (χ4v) is 5.43. The van der Waals surface area contributed by atoms with Crippen molar-refractivity contribution >= 4 is 62.1 Å². The van der Waals surface area contributed by atoms with Crippen LogP contribution in [-0.4, -0.2) is 39.8 Å². The molecule has 3 rings (SSSR count). The third-order valence-corrected chi connectivity index (χ3v) is 7.88. The summed E-state index contributed by atoms with van der Waals surface area (Å²) >= 11 is 7.47. The molecule has 1 aromatic heterocycles. The highest BCUT2D eigenvalue weighted by atomic mass is 35.5. The van der Waals surface area contributed by atoms with Gasteiger partial charge in [0, 0.05) is 21.6 Å². The largest absolute Gasteiger partial charge is 0.444 e. The number of amides is 3. The molecule has 0 aliphatic carbocycles. The van der Waals surface area contributed by atoms with Gasteiger partial charge in [-0.15, -0.1) is 15.7 Å². The van der Waals surface area contributed by atoms with Gasteiger partial charge < -0.3 is 14.8 Å². The molecule has 2 N–H and O–H groups in total. The number of ether oxygens (including phenoxy) is 2. The van der Waals surface area contributed by atoms with Crippen molar-refractivity contribution in [1.82, 2.24) is 0 Å². The minimum atomic E-state index is -3.11. The first-order valence-electron chi connectivity index (χ1n) is 12.2. The van der Waals surface area contributed by atoms with Gasteiger partial charge in [-0.3, -0.25) is 10.1 Å². The number of rotatable bonds is 5. The van der Waals surface area contributed by atoms with E-state index in [1.54, 1.807) is 65.8 Å². The van der Waals surface area contributed by atoms with E-state index in [1.165, 1.54) is 41.9 Å². The molecule has 0 spiro atoms. The predicted octanol–water partition coefficient (Wildman–Crippen LogP) is 8.06. The summed E-state index contributed by atoms with van der Waals surface area (Å²) in [7, 11) is -3.11. The highest BCUT2D eigenvalue weighted by molar-refractivity contribution is 7.93. The van der Waals surface area contributed by atoms with Crippen molar-refractivity contribution in [2.45, 2.75) is 57.6 Å². The Balaban J connectivity index is 1.88. The van der Waals surface area contributed by atoms with Gasteiger partial charge in [-0.25, -0.2) is 13.8 Å². The van der Waals surface area contributed by atoms with E-state index >= 15 is 0 Å². The number of carbonyl (C=O) groups is 3. The molecule has 9 nitrogen and oxygen atoms in total. The monoisotopic (exact) mass is 605 g/mol. The van der Waals surface area contributed by atoms with Gasteiger partial charge in [-0.1, -0.05) is 17.7 Å². The molecule has 40 heavy (non-hydrogen) atoms. The summed E-state index contributed by atoms with van der Waals surface area (Å²) in [5.41, 5.74) is 0.217. The van der Waals surface area contributed by atoms with Gasteiger partial charge >= 0.3 is 12.2 Å². The highest BCUT2D eigenvalue weighted by Crippen LogP contribution is 2.35. The molecule has 2 aromatic carbocycles. The summed E-state index contributed by atoms with van der Waals surface area (Å²) in [4.78, 5) is 38.8. The fourth-order valence-electron chi connectivity index (χ4n) is 3.32. The van der Waals surface area contributed by atoms with Crippen LogP contribution in [0.2, 0.25) is 4.34 Å². The number of nitrogens with one attached hydrogen (secondary N) is 2. The molecule has 0 radical (unpaired) electrons. The van der Waals surface area contributed by atoms with E-state index < -0.39 is 39.0 Å². The molecule has 3 amide bonds. The van der Waals surface area contributed by atoms with Crippen LogP contribution in [0.3, 0.4) is 0 Å². The van der Waals surface area contributed by atoms with E-state index in [1.807, 2.05) is 6.07 Å². The molecule has 0 aliphatic rings. The SMILES string of the molecule is CC(C)(C)OC(=O)N=S(C)(=O)c1ccc(C(=O)Nc2cc(-c3ccc(Cl)s3)ccc2NC(=O)OC(C)(C)C)cc1. The average molecular weight is 606 g/mol. The Hall–Kier alpha value is -3.41. The van der Waals surface area contributed by atoms with Gasteiger partial charge in [0.05, 0.1) is 25.4 Å². The molecule has 0 aliphatic heterocycles. The maximum atomic E-state index is 13.2. The molecule has 214 valence electrons. The second-order valence-electron chi connectivity index (χ2n) is 10.8. The van der Waals surface area contributed by atoms with E-state index in [2.05, 4.69) is 15.0 Å². The molecule has 12 heteroatoms. The zero-order chi connectivity index (χ0) is 29.9. The minimum absolute atomic E-state index is 0.254. The zero-order valence-corrected chi connectivity index (χ0v) is 25.7. The standard InChI is InChI=1S/C28H32ClN3O6S2/c1-27(2,3)37-25(34)31-20-13-10-18(22-14-15-23(29)39-22)16-21(20)30-24(33)17-8-11-19(12-9-17)40(7,36)32-26(35)38-28(4,5)6/h8-16H,1-7H3,(H,30,33)(H,31,34). The molecule has 0 saturated heterocycles. The molecule has 3 aromatic rings. The number of benzene rings is 2. The van der Waals surface area contributed by atoms with Crippen LogP contribution < -0.4 is 10.6 Å². The molecule has 1 unspecified atom stereocenters. The first-order chi connectivity index (χ1) is 18.4. The second kappa shape index (κ2) is 12.0. The number of nitrogens with zero attached hydrogens (tertiary/aromatic N) is 1. The number of hydrogen-bond acceptors (Lipinski definition) is 7. The number of carbonyl (C=O) groups excluding carboxylic acids is 3. The second-order valence-corrected chi connectivity index (χ2v) is 14.8. The summed E-state index contributed by atoms with van der Waals surface area (Å²) in [5.74, 6) is -0.480. The average Bonchev–Trinajstić information content (AvgIpc) is 3.23. The van der Waals surface area contributed by atoms with Gasteiger partial charge in [0.25, 0.3) is 5.91 Å². The third-order valence-electron chi connectivity index (χ3n) is 4.96. The van der Waals surface area contributed by atoms with Crippen LogP contribution in [-0.2, 0) is 19.2 Å². The summed E-state index contributed by atoms with van der Waals surface area (Å²) in [6.45, 7) is 10.3. The molecule has 0 saturated carbocycles. The zero-order valence-electron chi connectivity index (χ0n) is 23.3. The van der Waals surface area contributed by atoms with Crippen LogP contribution in [0.25, 0.3) is 10.4 Å². The molecule has 1 atom stereocenters. The van der Waals surface area contributed by atoms with Gasteiger partial charge in [-0.2, -0.15) is 0 Å². The number of thiophene rings is 1. The molecule has 1 heterocycles. The van der Waals surface area contributed by atoms with Crippen molar-refractivity contribution in [3.05, 3.63) is 64.5 Å². The van der Waals surface area contributed by atoms with Crippen molar-refractivity contribution in [2.75, 3.05) is 16.9 Å². The maximum Gasteiger partial charge on any atom is 0.442 e. The molecular formula is C28H32ClN3O6S2. The summed E-state index contributed by atoms with van der Waals surface area (Å²) in [5, 5.41) is 5.50. The number of halogens is 1. The van der Waals surface area contributed by atoms with Crippen molar-refractivity contribution in [3.63, 3.8) is 0 Å². The Morgan fingerprint density at radius 2 is 1.48 bits per heavy atom. The maximum absolute atomic E-state index is 13.2. The van der Waals surface area contributed by atoms with Crippen LogP contribution >= 0.6 is 22.9 Å². The molecule has 0 fully saturated rings. The van der Waals surface area contributed by atoms with Gasteiger partial charge in [0.1, 0.15) is 11.2 Å². The minimum Gasteiger partial charge on any atom is -0.444 e. The van der Waals surface area contributed by atoms with E-state index in [-0.39, 0.29) is 10.5 Å². The number of hydrogen-bond donors (Lipinski definition) is 2. The Morgan fingerprint density at radius 3 is 2.02 bits per heavy atom. The lowest BCUT2D eigenvalue weighted by Crippen LogP contribution is -2.27. The normalized spacial score (nSPS) is 13.1. The van der Waals surface area contributed by atoms with Crippen molar-refractivity contribution in [2.24, 2.45) is 4.36 Å². The highest BCUT2D eigenvalue weighted by Gasteiger charge is 2.20. The van der Waals surface area contributed by atoms with Crippen molar-refractivity contribution < 1.29 is 28.1 Å². The van der Waals surface area contributed by atoms with Crippen LogP contribution in [0.4, 0.5) is 21.0 Å². The Bertz CT molecular complexity index is 1540. The van der Waals surface area contributed by atoms with Crippen LogP contribution in [0.5, 0.6) is 0 Å². The lowest BCUT2D eigenvalue weighted by molar-refractivity contribution is 0.0603. The van der Waals surface area contributed by atoms with Gasteiger partial charge in [0.15, 0.2) is 0 Å². The Morgan fingerprint density at radius 1 is 0.850 bits per heavy atom. The fraction of sp³-hybridized carbons (Fsp3) is 0.321. The first-order valence-corrected chi connectivity index (χ1v) is 15.3. The topological polar surface area (TPSA) is 123 Å². The van der Waals surface area contributed by atoms with Crippen LogP contribution in [0, 0.1) is 0 Å².